The zero-order chi connectivity index (χ0) is 18.8. The van der Waals surface area contributed by atoms with E-state index < -0.39 is 17.1 Å². The molecule has 140 valence electrons. The van der Waals surface area contributed by atoms with Crippen LogP contribution in [0.1, 0.15) is 58.3 Å². The summed E-state index contributed by atoms with van der Waals surface area (Å²) in [5.74, 6) is 0. The average Bonchev–Trinajstić information content (AvgIpc) is 2.59. The summed E-state index contributed by atoms with van der Waals surface area (Å²) in [6, 6.07) is -0.998. The molecule has 0 heterocycles. The molecule has 0 saturated carbocycles. The maximum absolute atomic E-state index is 11.1. The van der Waals surface area contributed by atoms with Crippen LogP contribution >= 0.6 is 0 Å². The second-order valence-electron chi connectivity index (χ2n) is 5.75. The van der Waals surface area contributed by atoms with E-state index in [0.717, 1.165) is 38.4 Å². The van der Waals surface area contributed by atoms with Gasteiger partial charge in [0.2, 0.25) is 6.04 Å². The van der Waals surface area contributed by atoms with Crippen LogP contribution in [0.25, 0.3) is 0 Å². The van der Waals surface area contributed by atoms with Gasteiger partial charge < -0.3 is 9.90 Å². The van der Waals surface area contributed by atoms with Crippen molar-refractivity contribution in [2.45, 2.75) is 70.4 Å². The standard InChI is InChI=1S/C20H31NO4/c1-2-3-4-5-6-7-8-11-14-17-20(23)19(21(24)25)16-13-10-9-12-15-18-22/h3-4,6-7,10-11,13-14,18-20,23H,2,5,8-9,12,15-17H2,1H3/b4-3-,7-6-,13-10-,14-11-. The normalized spacial score (nSPS) is 14.8. The number of aliphatic hydroxyl groups excluding tert-OH is 1. The van der Waals surface area contributed by atoms with Gasteiger partial charge in [-0.25, -0.2) is 0 Å². The van der Waals surface area contributed by atoms with Gasteiger partial charge in [0.15, 0.2) is 0 Å². The Morgan fingerprint density at radius 2 is 1.52 bits per heavy atom. The first kappa shape index (κ1) is 23.0. The smallest absolute Gasteiger partial charge is 0.242 e. The van der Waals surface area contributed by atoms with Gasteiger partial charge in [0, 0.05) is 17.8 Å². The van der Waals surface area contributed by atoms with Crippen LogP contribution in [0.4, 0.5) is 0 Å². The van der Waals surface area contributed by atoms with Crippen molar-refractivity contribution in [2.75, 3.05) is 0 Å². The summed E-state index contributed by atoms with van der Waals surface area (Å²) in [6.45, 7) is 2.09. The van der Waals surface area contributed by atoms with Crippen molar-refractivity contribution in [1.82, 2.24) is 0 Å². The molecule has 0 spiro atoms. The highest BCUT2D eigenvalue weighted by Gasteiger charge is 2.27. The van der Waals surface area contributed by atoms with E-state index in [1.54, 1.807) is 12.2 Å². The number of nitrogens with zero attached hydrogens (tertiary/aromatic N) is 1. The van der Waals surface area contributed by atoms with E-state index in [2.05, 4.69) is 25.2 Å². The number of aliphatic hydroxyl groups is 1. The van der Waals surface area contributed by atoms with Crippen molar-refractivity contribution in [3.8, 4) is 0 Å². The second kappa shape index (κ2) is 16.8. The van der Waals surface area contributed by atoms with Gasteiger partial charge in [-0.2, -0.15) is 0 Å². The fraction of sp³-hybridized carbons (Fsp3) is 0.550. The van der Waals surface area contributed by atoms with Crippen molar-refractivity contribution >= 4 is 6.29 Å². The Kier molecular flexibility index (Phi) is 15.5. The molecular weight excluding hydrogens is 318 g/mol. The highest BCUT2D eigenvalue weighted by atomic mass is 16.6. The lowest BCUT2D eigenvalue weighted by Crippen LogP contribution is -2.32. The Morgan fingerprint density at radius 3 is 2.12 bits per heavy atom. The molecule has 5 heteroatoms. The predicted octanol–water partition coefficient (Wildman–Crippen LogP) is 4.56. The predicted molar refractivity (Wildman–Crippen MR) is 102 cm³/mol. The third kappa shape index (κ3) is 14.1. The molecule has 0 aromatic heterocycles. The van der Waals surface area contributed by atoms with Gasteiger partial charge in [0.25, 0.3) is 0 Å². The fourth-order valence-corrected chi connectivity index (χ4v) is 2.16. The average molecular weight is 349 g/mol. The molecule has 0 amide bonds. The molecule has 0 aliphatic heterocycles. The third-order valence-electron chi connectivity index (χ3n) is 3.61. The van der Waals surface area contributed by atoms with Crippen LogP contribution in [-0.4, -0.2) is 28.5 Å². The van der Waals surface area contributed by atoms with E-state index in [4.69, 9.17) is 0 Å². The number of hydrogen-bond donors (Lipinski definition) is 1. The second-order valence-corrected chi connectivity index (χ2v) is 5.75. The molecular formula is C20H31NO4. The third-order valence-corrected chi connectivity index (χ3v) is 3.61. The number of hydrogen-bond acceptors (Lipinski definition) is 4. The van der Waals surface area contributed by atoms with Gasteiger partial charge >= 0.3 is 0 Å². The highest BCUT2D eigenvalue weighted by molar-refractivity contribution is 5.49. The summed E-state index contributed by atoms with van der Waals surface area (Å²) < 4.78 is 0. The number of aldehydes is 1. The minimum absolute atomic E-state index is 0.201. The summed E-state index contributed by atoms with van der Waals surface area (Å²) in [6.07, 6.45) is 20.6. The van der Waals surface area contributed by atoms with Crippen LogP contribution in [0.15, 0.2) is 48.6 Å². The van der Waals surface area contributed by atoms with E-state index in [0.29, 0.717) is 6.42 Å². The minimum Gasteiger partial charge on any atom is -0.386 e. The Morgan fingerprint density at radius 1 is 0.920 bits per heavy atom. The van der Waals surface area contributed by atoms with E-state index >= 15 is 0 Å². The minimum atomic E-state index is -0.998. The van der Waals surface area contributed by atoms with Crippen molar-refractivity contribution in [2.24, 2.45) is 0 Å². The zero-order valence-corrected chi connectivity index (χ0v) is 15.1. The van der Waals surface area contributed by atoms with Gasteiger partial charge in [-0.15, -0.1) is 0 Å². The number of nitro groups is 1. The topological polar surface area (TPSA) is 80.4 Å². The molecule has 0 aliphatic rings. The summed E-state index contributed by atoms with van der Waals surface area (Å²) in [5.41, 5.74) is 0. The van der Waals surface area contributed by atoms with Gasteiger partial charge in [-0.3, -0.25) is 10.1 Å². The first-order valence-electron chi connectivity index (χ1n) is 8.98. The van der Waals surface area contributed by atoms with E-state index in [1.165, 1.54) is 0 Å². The molecule has 0 rings (SSSR count). The first-order valence-corrected chi connectivity index (χ1v) is 8.98. The van der Waals surface area contributed by atoms with Crippen LogP contribution in [0.2, 0.25) is 0 Å². The molecule has 0 bridgehead atoms. The summed E-state index contributed by atoms with van der Waals surface area (Å²) in [5, 5.41) is 21.1. The Balaban J connectivity index is 4.12. The van der Waals surface area contributed by atoms with E-state index in [-0.39, 0.29) is 12.8 Å². The highest BCUT2D eigenvalue weighted by Crippen LogP contribution is 2.10. The number of carbonyl (C=O) groups excluding carboxylic acids is 1. The van der Waals surface area contributed by atoms with Gasteiger partial charge in [-0.05, 0) is 38.5 Å². The van der Waals surface area contributed by atoms with Crippen LogP contribution in [-0.2, 0) is 4.79 Å². The summed E-state index contributed by atoms with van der Waals surface area (Å²) in [4.78, 5) is 20.9. The van der Waals surface area contributed by atoms with Crippen molar-refractivity contribution in [3.63, 3.8) is 0 Å². The fourth-order valence-electron chi connectivity index (χ4n) is 2.16. The monoisotopic (exact) mass is 349 g/mol. The molecule has 0 radical (unpaired) electrons. The molecule has 0 aliphatic carbocycles. The van der Waals surface area contributed by atoms with Crippen LogP contribution in [0.5, 0.6) is 0 Å². The molecule has 25 heavy (non-hydrogen) atoms. The Hall–Kier alpha value is -2.01. The molecule has 1 N–H and O–H groups in total. The van der Waals surface area contributed by atoms with Crippen molar-refractivity contribution in [1.29, 1.82) is 0 Å². The van der Waals surface area contributed by atoms with Gasteiger partial charge in [-0.1, -0.05) is 55.5 Å². The SMILES string of the molecule is CC/C=C\C/C=C\C/C=C\CC(O)C(C/C=C\CCCC=O)[N+](=O)[O-]. The largest absolute Gasteiger partial charge is 0.386 e. The number of allylic oxidation sites excluding steroid dienone is 6. The number of carbonyl (C=O) groups is 1. The van der Waals surface area contributed by atoms with Gasteiger partial charge in [0.1, 0.15) is 12.4 Å². The van der Waals surface area contributed by atoms with Crippen molar-refractivity contribution < 1.29 is 14.8 Å². The van der Waals surface area contributed by atoms with Crippen molar-refractivity contribution in [3.05, 3.63) is 58.7 Å². The molecule has 0 aromatic carbocycles. The number of rotatable bonds is 15. The first-order chi connectivity index (χ1) is 12.1. The zero-order valence-electron chi connectivity index (χ0n) is 15.1. The quantitative estimate of drug-likeness (QED) is 0.154. The van der Waals surface area contributed by atoms with Crippen LogP contribution in [0.3, 0.4) is 0 Å². The number of unbranched alkanes of at least 4 members (excludes halogenated alkanes) is 2. The molecule has 0 saturated heterocycles. The lowest BCUT2D eigenvalue weighted by molar-refractivity contribution is -0.533. The lowest BCUT2D eigenvalue weighted by Gasteiger charge is -2.12. The summed E-state index contributed by atoms with van der Waals surface area (Å²) in [7, 11) is 0. The Labute approximate surface area is 151 Å². The summed E-state index contributed by atoms with van der Waals surface area (Å²) >= 11 is 0. The maximum Gasteiger partial charge on any atom is 0.242 e. The molecule has 2 atom stereocenters. The molecule has 5 nitrogen and oxygen atoms in total. The Bertz CT molecular complexity index is 466. The molecule has 0 aromatic rings. The van der Waals surface area contributed by atoms with E-state index in [9.17, 15) is 20.0 Å². The maximum atomic E-state index is 11.1. The van der Waals surface area contributed by atoms with Gasteiger partial charge in [0.05, 0.1) is 0 Å². The van der Waals surface area contributed by atoms with Crippen LogP contribution < -0.4 is 0 Å². The molecule has 0 fully saturated rings. The lowest BCUT2D eigenvalue weighted by atomic mass is 10.0. The van der Waals surface area contributed by atoms with Crippen LogP contribution in [0, 0.1) is 10.1 Å². The molecule has 2 unspecified atom stereocenters. The van der Waals surface area contributed by atoms with E-state index in [1.807, 2.05) is 18.2 Å².